The summed E-state index contributed by atoms with van der Waals surface area (Å²) < 4.78 is 0. The van der Waals surface area contributed by atoms with Crippen molar-refractivity contribution in [1.29, 1.82) is 0 Å². The van der Waals surface area contributed by atoms with Gasteiger partial charge in [0.2, 0.25) is 0 Å². The van der Waals surface area contributed by atoms with Crippen LogP contribution in [-0.4, -0.2) is 5.75 Å². The first-order valence-corrected chi connectivity index (χ1v) is 4.16. The van der Waals surface area contributed by atoms with Crippen molar-refractivity contribution in [3.63, 3.8) is 0 Å². The summed E-state index contributed by atoms with van der Waals surface area (Å²) in [6, 6.07) is 0. The van der Waals surface area contributed by atoms with Crippen LogP contribution in [-0.2, 0) is 0 Å². The summed E-state index contributed by atoms with van der Waals surface area (Å²) >= 11 is 4.12. The Morgan fingerprint density at radius 2 is 1.62 bits per heavy atom. The first-order chi connectivity index (χ1) is 3.91. The van der Waals surface area contributed by atoms with Gasteiger partial charge in [-0.05, 0) is 12.2 Å². The average Bonchev–Trinajstić information content (AvgIpc) is 1.81. The molecule has 0 saturated carbocycles. The van der Waals surface area contributed by atoms with Crippen LogP contribution in [0.25, 0.3) is 0 Å². The first kappa shape index (κ1) is 8.35. The van der Waals surface area contributed by atoms with Crippen molar-refractivity contribution in [2.45, 2.75) is 39.0 Å². The van der Waals surface area contributed by atoms with E-state index < -0.39 is 0 Å². The molecule has 0 aromatic heterocycles. The highest BCUT2D eigenvalue weighted by Crippen LogP contribution is 2.02. The van der Waals surface area contributed by atoms with Gasteiger partial charge in [-0.2, -0.15) is 12.6 Å². The largest absolute Gasteiger partial charge is 0.179 e. The van der Waals surface area contributed by atoms with Crippen LogP contribution in [0, 0.1) is 0 Å². The Bertz CT molecular complexity index is 29.4. The van der Waals surface area contributed by atoms with Crippen LogP contribution in [0.3, 0.4) is 0 Å². The van der Waals surface area contributed by atoms with Crippen LogP contribution < -0.4 is 0 Å². The van der Waals surface area contributed by atoms with Gasteiger partial charge in [0, 0.05) is 0 Å². The van der Waals surface area contributed by atoms with Crippen molar-refractivity contribution < 1.29 is 0 Å². The minimum atomic E-state index is 1.06. The summed E-state index contributed by atoms with van der Waals surface area (Å²) in [6.07, 6.45) is 6.80. The van der Waals surface area contributed by atoms with Gasteiger partial charge >= 0.3 is 0 Å². The maximum absolute atomic E-state index is 4.12. The molecule has 0 nitrogen and oxygen atoms in total. The fourth-order valence-electron chi connectivity index (χ4n) is 0.715. The third-order valence-electron chi connectivity index (χ3n) is 1.26. The van der Waals surface area contributed by atoms with Gasteiger partial charge < -0.3 is 0 Å². The molecule has 0 aliphatic carbocycles. The first-order valence-electron chi connectivity index (χ1n) is 3.52. The van der Waals surface area contributed by atoms with E-state index >= 15 is 0 Å². The number of unbranched alkanes of at least 4 members (excludes halogenated alkanes) is 4. The molecule has 0 aliphatic heterocycles. The smallest absolute Gasteiger partial charge is 0.00979 e. The third kappa shape index (κ3) is 6.35. The molecule has 0 fully saturated rings. The molecule has 50 valence electrons. The van der Waals surface area contributed by atoms with Crippen molar-refractivity contribution in [2.24, 2.45) is 0 Å². The molecule has 0 aliphatic rings. The highest BCUT2D eigenvalue weighted by atomic mass is 32.1. The van der Waals surface area contributed by atoms with Crippen LogP contribution in [0.15, 0.2) is 0 Å². The zero-order valence-electron chi connectivity index (χ0n) is 5.69. The molecule has 0 aromatic rings. The van der Waals surface area contributed by atoms with E-state index in [0.29, 0.717) is 0 Å². The Morgan fingerprint density at radius 3 is 2.12 bits per heavy atom. The van der Waals surface area contributed by atoms with Gasteiger partial charge in [0.1, 0.15) is 0 Å². The van der Waals surface area contributed by atoms with Crippen molar-refractivity contribution >= 4 is 12.6 Å². The van der Waals surface area contributed by atoms with E-state index in [1.54, 1.807) is 0 Å². The molecular formula is C7H16S. The standard InChI is InChI=1S/C7H16S/c1-2-3-4-5-6-7-8/h8H,2-7H2,1H3. The van der Waals surface area contributed by atoms with Gasteiger partial charge in [-0.25, -0.2) is 0 Å². The van der Waals surface area contributed by atoms with Crippen molar-refractivity contribution in [3.05, 3.63) is 0 Å². The van der Waals surface area contributed by atoms with Crippen LogP contribution in [0.5, 0.6) is 0 Å². The second kappa shape index (κ2) is 7.35. The molecule has 0 spiro atoms. The van der Waals surface area contributed by atoms with Gasteiger partial charge in [0.15, 0.2) is 0 Å². The predicted octanol–water partition coefficient (Wildman–Crippen LogP) is 2.89. The molecule has 0 rings (SSSR count). The quantitative estimate of drug-likeness (QED) is 0.431. The Kier molecular flexibility index (Phi) is 7.67. The van der Waals surface area contributed by atoms with E-state index in [-0.39, 0.29) is 0 Å². The van der Waals surface area contributed by atoms with Gasteiger partial charge in [-0.1, -0.05) is 32.6 Å². The predicted molar refractivity (Wildman–Crippen MR) is 42.6 cm³/mol. The summed E-state index contributed by atoms with van der Waals surface area (Å²) in [5, 5.41) is 0. The topological polar surface area (TPSA) is 0 Å². The molecule has 0 heterocycles. The van der Waals surface area contributed by atoms with E-state index in [1.165, 1.54) is 32.1 Å². The SMILES string of the molecule is CCCCCCCS. The molecule has 0 amide bonds. The highest BCUT2D eigenvalue weighted by molar-refractivity contribution is 7.80. The van der Waals surface area contributed by atoms with E-state index in [9.17, 15) is 0 Å². The molecule has 0 bridgehead atoms. The van der Waals surface area contributed by atoms with Crippen LogP contribution in [0.1, 0.15) is 39.0 Å². The Labute approximate surface area is 58.1 Å². The molecule has 0 aromatic carbocycles. The summed E-state index contributed by atoms with van der Waals surface area (Å²) in [7, 11) is 0. The second-order valence-corrected chi connectivity index (χ2v) is 2.59. The molecule has 0 unspecified atom stereocenters. The fourth-order valence-corrected chi connectivity index (χ4v) is 0.939. The third-order valence-corrected chi connectivity index (χ3v) is 1.58. The average molecular weight is 132 g/mol. The van der Waals surface area contributed by atoms with Crippen molar-refractivity contribution in [1.82, 2.24) is 0 Å². The zero-order valence-corrected chi connectivity index (χ0v) is 6.58. The monoisotopic (exact) mass is 132 g/mol. The normalized spacial score (nSPS) is 9.75. The van der Waals surface area contributed by atoms with Crippen LogP contribution in [0.4, 0.5) is 0 Å². The summed E-state index contributed by atoms with van der Waals surface area (Å²) in [5.41, 5.74) is 0. The number of thiol groups is 1. The van der Waals surface area contributed by atoms with Gasteiger partial charge in [0.25, 0.3) is 0 Å². The minimum absolute atomic E-state index is 1.06. The van der Waals surface area contributed by atoms with Crippen molar-refractivity contribution in [2.75, 3.05) is 5.75 Å². The minimum Gasteiger partial charge on any atom is -0.179 e. The van der Waals surface area contributed by atoms with Gasteiger partial charge in [-0.3, -0.25) is 0 Å². The molecule has 0 radical (unpaired) electrons. The van der Waals surface area contributed by atoms with Gasteiger partial charge in [-0.15, -0.1) is 0 Å². The summed E-state index contributed by atoms with van der Waals surface area (Å²) in [5.74, 6) is 1.06. The molecule has 0 saturated heterocycles. The second-order valence-electron chi connectivity index (χ2n) is 2.14. The lowest BCUT2D eigenvalue weighted by Crippen LogP contribution is -1.76. The Morgan fingerprint density at radius 1 is 1.00 bits per heavy atom. The van der Waals surface area contributed by atoms with Crippen LogP contribution in [0.2, 0.25) is 0 Å². The maximum Gasteiger partial charge on any atom is -0.00979 e. The fraction of sp³-hybridized carbons (Fsp3) is 1.00. The zero-order chi connectivity index (χ0) is 6.24. The van der Waals surface area contributed by atoms with E-state index in [0.717, 1.165) is 5.75 Å². The maximum atomic E-state index is 4.12. The molecule has 0 N–H and O–H groups in total. The lowest BCUT2D eigenvalue weighted by Gasteiger charge is -1.93. The number of hydrogen-bond acceptors (Lipinski definition) is 1. The Balaban J connectivity index is 2.53. The van der Waals surface area contributed by atoms with Crippen molar-refractivity contribution in [3.8, 4) is 0 Å². The molecule has 1 heteroatoms. The molecular weight excluding hydrogens is 116 g/mol. The summed E-state index contributed by atoms with van der Waals surface area (Å²) in [6.45, 7) is 2.24. The highest BCUT2D eigenvalue weighted by Gasteiger charge is 1.83. The number of rotatable bonds is 5. The van der Waals surface area contributed by atoms with E-state index in [1.807, 2.05) is 0 Å². The molecule has 0 atom stereocenters. The molecule has 8 heavy (non-hydrogen) atoms. The van der Waals surface area contributed by atoms with Crippen LogP contribution >= 0.6 is 12.6 Å². The lowest BCUT2D eigenvalue weighted by molar-refractivity contribution is 0.660. The number of hydrogen-bond donors (Lipinski definition) is 1. The lowest BCUT2D eigenvalue weighted by atomic mass is 10.2. The van der Waals surface area contributed by atoms with E-state index in [4.69, 9.17) is 0 Å². The van der Waals surface area contributed by atoms with Gasteiger partial charge in [0.05, 0.1) is 0 Å². The summed E-state index contributed by atoms with van der Waals surface area (Å²) in [4.78, 5) is 0. The van der Waals surface area contributed by atoms with E-state index in [2.05, 4.69) is 19.6 Å². The Hall–Kier alpha value is 0.350.